The maximum absolute atomic E-state index is 15.0. The molecule has 0 aliphatic heterocycles. The molecule has 0 bridgehead atoms. The number of hydrogen-bond donors (Lipinski definition) is 0. The second kappa shape index (κ2) is 20.1. The first-order chi connectivity index (χ1) is 19.7. The summed E-state index contributed by atoms with van der Waals surface area (Å²) in [5, 5.41) is 0. The van der Waals surface area contributed by atoms with Crippen LogP contribution in [0, 0.1) is 17.7 Å². The first-order valence-electron chi connectivity index (χ1n) is 17.2. The SMILES string of the molecule is CCCCCCCCCCCC[C@H]1CC[C@H](COc2ccc(-c3ccc(CCCCCCC)cc3)c(F)c2)CC1. The zero-order valence-electron chi connectivity index (χ0n) is 26.0. The second-order valence-electron chi connectivity index (χ2n) is 12.7. The van der Waals surface area contributed by atoms with Gasteiger partial charge in [0.1, 0.15) is 11.6 Å². The fraction of sp³-hybridized carbons (Fsp3) is 0.684. The maximum Gasteiger partial charge on any atom is 0.134 e. The largest absolute Gasteiger partial charge is 0.493 e. The van der Waals surface area contributed by atoms with Crippen molar-refractivity contribution in [2.45, 2.75) is 149 Å². The molecule has 40 heavy (non-hydrogen) atoms. The van der Waals surface area contributed by atoms with Crippen molar-refractivity contribution in [1.29, 1.82) is 0 Å². The van der Waals surface area contributed by atoms with E-state index >= 15 is 0 Å². The molecule has 0 radical (unpaired) electrons. The van der Waals surface area contributed by atoms with Crippen LogP contribution in [-0.4, -0.2) is 6.61 Å². The molecule has 2 aromatic carbocycles. The first kappa shape index (κ1) is 32.7. The summed E-state index contributed by atoms with van der Waals surface area (Å²) in [4.78, 5) is 0. The number of aryl methyl sites for hydroxylation is 1. The zero-order chi connectivity index (χ0) is 28.3. The average molecular weight is 551 g/mol. The van der Waals surface area contributed by atoms with Gasteiger partial charge < -0.3 is 4.74 Å². The van der Waals surface area contributed by atoms with Crippen molar-refractivity contribution in [3.63, 3.8) is 0 Å². The topological polar surface area (TPSA) is 9.23 Å². The summed E-state index contributed by atoms with van der Waals surface area (Å²) in [5.74, 6) is 2.00. The highest BCUT2D eigenvalue weighted by atomic mass is 19.1. The highest BCUT2D eigenvalue weighted by Crippen LogP contribution is 2.33. The van der Waals surface area contributed by atoms with Crippen molar-refractivity contribution >= 4 is 0 Å². The summed E-state index contributed by atoms with van der Waals surface area (Å²) in [6.07, 6.45) is 28.4. The molecule has 0 aromatic heterocycles. The lowest BCUT2D eigenvalue weighted by Gasteiger charge is -2.28. The number of halogens is 1. The lowest BCUT2D eigenvalue weighted by atomic mass is 9.80. The molecule has 224 valence electrons. The number of ether oxygens (including phenoxy) is 1. The summed E-state index contributed by atoms with van der Waals surface area (Å²) < 4.78 is 21.0. The molecule has 0 heterocycles. The van der Waals surface area contributed by atoms with Gasteiger partial charge in [-0.25, -0.2) is 4.39 Å². The van der Waals surface area contributed by atoms with E-state index in [0.29, 0.717) is 17.2 Å². The van der Waals surface area contributed by atoms with E-state index < -0.39 is 0 Å². The Hall–Kier alpha value is -1.83. The van der Waals surface area contributed by atoms with Crippen LogP contribution in [0.5, 0.6) is 5.75 Å². The van der Waals surface area contributed by atoms with Crippen LogP contribution >= 0.6 is 0 Å². The van der Waals surface area contributed by atoms with Gasteiger partial charge >= 0.3 is 0 Å². The summed E-state index contributed by atoms with van der Waals surface area (Å²) in [5.41, 5.74) is 2.95. The molecule has 1 nitrogen and oxygen atoms in total. The summed E-state index contributed by atoms with van der Waals surface area (Å²) in [6, 6.07) is 13.8. The third kappa shape index (κ3) is 12.8. The van der Waals surface area contributed by atoms with Crippen molar-refractivity contribution in [2.24, 2.45) is 11.8 Å². The predicted molar refractivity (Wildman–Crippen MR) is 172 cm³/mol. The van der Waals surface area contributed by atoms with Crippen molar-refractivity contribution in [2.75, 3.05) is 6.61 Å². The van der Waals surface area contributed by atoms with Crippen molar-refractivity contribution < 1.29 is 9.13 Å². The van der Waals surface area contributed by atoms with E-state index in [4.69, 9.17) is 4.74 Å². The van der Waals surface area contributed by atoms with Gasteiger partial charge in [-0.1, -0.05) is 147 Å². The molecule has 1 aliphatic rings. The monoisotopic (exact) mass is 550 g/mol. The van der Waals surface area contributed by atoms with Gasteiger partial charge in [-0.2, -0.15) is 0 Å². The van der Waals surface area contributed by atoms with Crippen LogP contribution in [0.15, 0.2) is 42.5 Å². The van der Waals surface area contributed by atoms with E-state index in [1.807, 2.05) is 12.1 Å². The van der Waals surface area contributed by atoms with E-state index in [0.717, 1.165) is 24.5 Å². The van der Waals surface area contributed by atoms with Crippen LogP contribution in [0.25, 0.3) is 11.1 Å². The second-order valence-corrected chi connectivity index (χ2v) is 12.7. The van der Waals surface area contributed by atoms with Crippen LogP contribution < -0.4 is 4.74 Å². The van der Waals surface area contributed by atoms with Gasteiger partial charge in [0.05, 0.1) is 6.61 Å². The molecule has 2 aromatic rings. The van der Waals surface area contributed by atoms with Crippen LogP contribution in [0.1, 0.15) is 148 Å². The Labute approximate surface area is 246 Å². The first-order valence-corrected chi connectivity index (χ1v) is 17.2. The van der Waals surface area contributed by atoms with Gasteiger partial charge in [-0.3, -0.25) is 0 Å². The Balaban J connectivity index is 1.28. The quantitative estimate of drug-likeness (QED) is 0.140. The smallest absolute Gasteiger partial charge is 0.134 e. The van der Waals surface area contributed by atoms with Gasteiger partial charge in [-0.05, 0) is 60.8 Å². The van der Waals surface area contributed by atoms with Crippen molar-refractivity contribution in [3.8, 4) is 16.9 Å². The van der Waals surface area contributed by atoms with Gasteiger partial charge in [0, 0.05) is 11.6 Å². The highest BCUT2D eigenvalue weighted by Gasteiger charge is 2.21. The number of unbranched alkanes of at least 4 members (excludes halogenated alkanes) is 13. The fourth-order valence-corrected chi connectivity index (χ4v) is 6.42. The van der Waals surface area contributed by atoms with Crippen LogP contribution in [0.4, 0.5) is 4.39 Å². The standard InChI is InChI=1S/C38H59FO/c1-3-5-7-9-10-11-12-13-15-17-18-32-20-22-34(23-21-32)31-40-36-28-29-37(38(39)30-36)35-26-24-33(25-27-35)19-16-14-8-6-4-2/h24-30,32,34H,3-23,31H2,1-2H3/t32-,34-. The van der Waals surface area contributed by atoms with Crippen LogP contribution in [0.2, 0.25) is 0 Å². The molecule has 0 spiro atoms. The molecular weight excluding hydrogens is 491 g/mol. The number of benzene rings is 2. The van der Waals surface area contributed by atoms with E-state index in [1.165, 1.54) is 134 Å². The molecule has 0 N–H and O–H groups in total. The van der Waals surface area contributed by atoms with Gasteiger partial charge in [0.25, 0.3) is 0 Å². The van der Waals surface area contributed by atoms with Crippen molar-refractivity contribution in [1.82, 2.24) is 0 Å². The minimum atomic E-state index is -0.190. The molecule has 0 atom stereocenters. The van der Waals surface area contributed by atoms with Gasteiger partial charge in [0.2, 0.25) is 0 Å². The lowest BCUT2D eigenvalue weighted by molar-refractivity contribution is 0.177. The molecular formula is C38H59FO. The number of rotatable bonds is 21. The summed E-state index contributed by atoms with van der Waals surface area (Å²) in [6.45, 7) is 5.26. The summed E-state index contributed by atoms with van der Waals surface area (Å²) >= 11 is 0. The molecule has 0 unspecified atom stereocenters. The molecule has 1 fully saturated rings. The normalized spacial score (nSPS) is 17.3. The van der Waals surface area contributed by atoms with Crippen LogP contribution in [0.3, 0.4) is 0 Å². The molecule has 1 aliphatic carbocycles. The van der Waals surface area contributed by atoms with E-state index in [9.17, 15) is 4.39 Å². The van der Waals surface area contributed by atoms with Gasteiger partial charge in [-0.15, -0.1) is 0 Å². The molecule has 1 saturated carbocycles. The minimum Gasteiger partial charge on any atom is -0.493 e. The average Bonchev–Trinajstić information content (AvgIpc) is 2.98. The maximum atomic E-state index is 15.0. The summed E-state index contributed by atoms with van der Waals surface area (Å²) in [7, 11) is 0. The third-order valence-electron chi connectivity index (χ3n) is 9.19. The Morgan fingerprint density at radius 2 is 1.18 bits per heavy atom. The highest BCUT2D eigenvalue weighted by molar-refractivity contribution is 5.65. The minimum absolute atomic E-state index is 0.190. The Kier molecular flexibility index (Phi) is 16.4. The predicted octanol–water partition coefficient (Wildman–Crippen LogP) is 12.5. The van der Waals surface area contributed by atoms with Crippen molar-refractivity contribution in [3.05, 3.63) is 53.8 Å². The molecule has 3 rings (SSSR count). The third-order valence-corrected chi connectivity index (χ3v) is 9.19. The Morgan fingerprint density at radius 1 is 0.625 bits per heavy atom. The lowest BCUT2D eigenvalue weighted by Crippen LogP contribution is -2.20. The van der Waals surface area contributed by atoms with Gasteiger partial charge in [0.15, 0.2) is 0 Å². The fourth-order valence-electron chi connectivity index (χ4n) is 6.42. The molecule has 0 amide bonds. The van der Waals surface area contributed by atoms with Crippen LogP contribution in [-0.2, 0) is 6.42 Å². The Morgan fingerprint density at radius 3 is 1.77 bits per heavy atom. The molecule has 2 heteroatoms. The number of hydrogen-bond acceptors (Lipinski definition) is 1. The molecule has 0 saturated heterocycles. The van der Waals surface area contributed by atoms with E-state index in [1.54, 1.807) is 6.07 Å². The zero-order valence-corrected chi connectivity index (χ0v) is 26.0. The van der Waals surface area contributed by atoms with E-state index in [2.05, 4.69) is 38.1 Å². The van der Waals surface area contributed by atoms with E-state index in [-0.39, 0.29) is 5.82 Å². The Bertz CT molecular complexity index is 896.